The maximum Gasteiger partial charge on any atom is 0.413 e. The summed E-state index contributed by atoms with van der Waals surface area (Å²) in [5, 5.41) is 0. The third-order valence-corrected chi connectivity index (χ3v) is 4.11. The fourth-order valence-electron chi connectivity index (χ4n) is 2.27. The molecule has 0 saturated heterocycles. The Bertz CT molecular complexity index is 671. The van der Waals surface area contributed by atoms with E-state index in [-0.39, 0.29) is 11.9 Å². The van der Waals surface area contributed by atoms with Crippen molar-refractivity contribution in [3.63, 3.8) is 0 Å². The van der Waals surface area contributed by atoms with E-state index in [0.29, 0.717) is 11.0 Å². The Morgan fingerprint density at radius 1 is 1.35 bits per heavy atom. The van der Waals surface area contributed by atoms with Gasteiger partial charge >= 0.3 is 6.18 Å². The van der Waals surface area contributed by atoms with Gasteiger partial charge in [0.1, 0.15) is 5.82 Å². The van der Waals surface area contributed by atoms with Gasteiger partial charge in [0.2, 0.25) is 0 Å². The summed E-state index contributed by atoms with van der Waals surface area (Å²) in [5.74, 6) is -0.111. The summed E-state index contributed by atoms with van der Waals surface area (Å²) in [6, 6.07) is 5.36. The molecule has 1 heterocycles. The Labute approximate surface area is 122 Å². The minimum Gasteiger partial charge on any atom is -0.323 e. The summed E-state index contributed by atoms with van der Waals surface area (Å²) in [6.07, 6.45) is -2.82. The number of nitrogens with zero attached hydrogens (tertiary/aromatic N) is 2. The standard InChI is InChI=1S/C13H13BrF3N3/c1-12(18,13(15,16)17)11-19-9-6-7(14)2-5-10(9)20(11)8-3-4-8/h2,5-6,8H,3-4,18H2,1H3. The smallest absolute Gasteiger partial charge is 0.323 e. The molecular formula is C13H13BrF3N3. The molecule has 0 aliphatic heterocycles. The molecule has 108 valence electrons. The maximum atomic E-state index is 13.2. The van der Waals surface area contributed by atoms with E-state index in [0.717, 1.165) is 24.2 Å². The van der Waals surface area contributed by atoms with E-state index in [9.17, 15) is 13.2 Å². The predicted molar refractivity (Wildman–Crippen MR) is 73.3 cm³/mol. The van der Waals surface area contributed by atoms with Crippen LogP contribution in [0.4, 0.5) is 13.2 Å². The zero-order chi connectivity index (χ0) is 14.7. The first-order valence-corrected chi connectivity index (χ1v) is 7.04. The van der Waals surface area contributed by atoms with Crippen molar-refractivity contribution < 1.29 is 13.2 Å². The lowest BCUT2D eigenvalue weighted by molar-refractivity contribution is -0.186. The summed E-state index contributed by atoms with van der Waals surface area (Å²) in [4.78, 5) is 4.16. The number of rotatable bonds is 2. The second-order valence-electron chi connectivity index (χ2n) is 5.37. The van der Waals surface area contributed by atoms with Crippen LogP contribution in [0.5, 0.6) is 0 Å². The molecule has 0 spiro atoms. The first-order valence-electron chi connectivity index (χ1n) is 6.25. The summed E-state index contributed by atoms with van der Waals surface area (Å²) in [5.41, 5.74) is 4.34. The number of hydrogen-bond acceptors (Lipinski definition) is 2. The number of benzene rings is 1. The molecule has 0 amide bonds. The highest BCUT2D eigenvalue weighted by Crippen LogP contribution is 2.44. The highest BCUT2D eigenvalue weighted by molar-refractivity contribution is 9.10. The Morgan fingerprint density at radius 3 is 2.55 bits per heavy atom. The Kier molecular flexibility index (Phi) is 2.92. The fraction of sp³-hybridized carbons (Fsp3) is 0.462. The van der Waals surface area contributed by atoms with E-state index in [1.54, 1.807) is 22.8 Å². The van der Waals surface area contributed by atoms with E-state index < -0.39 is 11.7 Å². The average molecular weight is 348 g/mol. The van der Waals surface area contributed by atoms with Gasteiger partial charge in [0.25, 0.3) is 0 Å². The van der Waals surface area contributed by atoms with Crippen LogP contribution in [0.25, 0.3) is 11.0 Å². The third-order valence-electron chi connectivity index (χ3n) is 3.62. The molecule has 0 bridgehead atoms. The average Bonchev–Trinajstić information content (AvgIpc) is 3.08. The molecule has 1 atom stereocenters. The zero-order valence-electron chi connectivity index (χ0n) is 10.7. The van der Waals surface area contributed by atoms with Crippen molar-refractivity contribution in [1.29, 1.82) is 0 Å². The molecule has 1 unspecified atom stereocenters. The normalized spacial score (nSPS) is 19.3. The number of nitrogens with two attached hydrogens (primary N) is 1. The van der Waals surface area contributed by atoms with E-state index in [4.69, 9.17) is 5.73 Å². The molecule has 1 aliphatic carbocycles. The van der Waals surface area contributed by atoms with Crippen LogP contribution in [0, 0.1) is 0 Å². The minimum absolute atomic E-state index is 0.0707. The van der Waals surface area contributed by atoms with Gasteiger partial charge in [0.15, 0.2) is 5.54 Å². The Balaban J connectivity index is 2.27. The van der Waals surface area contributed by atoms with Crippen molar-refractivity contribution in [3.05, 3.63) is 28.5 Å². The van der Waals surface area contributed by atoms with Crippen molar-refractivity contribution in [1.82, 2.24) is 9.55 Å². The van der Waals surface area contributed by atoms with Crippen molar-refractivity contribution >= 4 is 27.0 Å². The van der Waals surface area contributed by atoms with Crippen LogP contribution in [0.15, 0.2) is 22.7 Å². The summed E-state index contributed by atoms with van der Waals surface area (Å²) in [7, 11) is 0. The Hall–Kier alpha value is -1.08. The van der Waals surface area contributed by atoms with Crippen LogP contribution in [-0.2, 0) is 5.54 Å². The molecule has 1 aliphatic rings. The van der Waals surface area contributed by atoms with Gasteiger partial charge in [0.05, 0.1) is 11.0 Å². The minimum atomic E-state index is -4.54. The third kappa shape index (κ3) is 2.03. The van der Waals surface area contributed by atoms with Crippen LogP contribution >= 0.6 is 15.9 Å². The molecule has 20 heavy (non-hydrogen) atoms. The molecule has 1 fully saturated rings. The van der Waals surface area contributed by atoms with Crippen molar-refractivity contribution in [2.45, 2.75) is 37.5 Å². The molecule has 1 saturated carbocycles. The quantitative estimate of drug-likeness (QED) is 0.896. The van der Waals surface area contributed by atoms with Crippen molar-refractivity contribution in [2.24, 2.45) is 5.73 Å². The van der Waals surface area contributed by atoms with Gasteiger partial charge in [-0.05, 0) is 38.0 Å². The van der Waals surface area contributed by atoms with E-state index in [1.807, 2.05) is 0 Å². The number of halogens is 4. The van der Waals surface area contributed by atoms with Crippen LogP contribution in [0.2, 0.25) is 0 Å². The number of imidazole rings is 1. The largest absolute Gasteiger partial charge is 0.413 e. The van der Waals surface area contributed by atoms with Gasteiger partial charge in [-0.2, -0.15) is 13.2 Å². The number of hydrogen-bond donors (Lipinski definition) is 1. The molecule has 2 N–H and O–H groups in total. The van der Waals surface area contributed by atoms with Crippen molar-refractivity contribution in [2.75, 3.05) is 0 Å². The zero-order valence-corrected chi connectivity index (χ0v) is 12.3. The molecule has 1 aromatic carbocycles. The van der Waals surface area contributed by atoms with Gasteiger partial charge in [-0.3, -0.25) is 0 Å². The first kappa shape index (κ1) is 13.9. The second-order valence-corrected chi connectivity index (χ2v) is 6.29. The van der Waals surface area contributed by atoms with Gasteiger partial charge < -0.3 is 10.3 Å². The summed E-state index contributed by atoms with van der Waals surface area (Å²) < 4.78 is 42.0. The molecule has 3 nitrogen and oxygen atoms in total. The van der Waals surface area contributed by atoms with Crippen LogP contribution < -0.4 is 5.73 Å². The molecule has 3 rings (SSSR count). The molecular weight excluding hydrogens is 335 g/mol. The van der Waals surface area contributed by atoms with Crippen LogP contribution in [0.1, 0.15) is 31.6 Å². The van der Waals surface area contributed by atoms with E-state index in [2.05, 4.69) is 20.9 Å². The molecule has 7 heteroatoms. The predicted octanol–water partition coefficient (Wildman–Crippen LogP) is 3.87. The topological polar surface area (TPSA) is 43.8 Å². The molecule has 0 radical (unpaired) electrons. The van der Waals surface area contributed by atoms with E-state index in [1.165, 1.54) is 0 Å². The Morgan fingerprint density at radius 2 is 2.00 bits per heavy atom. The number of fused-ring (bicyclic) bond motifs is 1. The maximum absolute atomic E-state index is 13.2. The fourth-order valence-corrected chi connectivity index (χ4v) is 2.62. The van der Waals surface area contributed by atoms with E-state index >= 15 is 0 Å². The lowest BCUT2D eigenvalue weighted by Crippen LogP contribution is -2.49. The van der Waals surface area contributed by atoms with Gasteiger partial charge in [0, 0.05) is 10.5 Å². The lowest BCUT2D eigenvalue weighted by atomic mass is 10.0. The molecule has 1 aromatic heterocycles. The first-order chi connectivity index (χ1) is 9.22. The highest BCUT2D eigenvalue weighted by atomic mass is 79.9. The van der Waals surface area contributed by atoms with Crippen molar-refractivity contribution in [3.8, 4) is 0 Å². The lowest BCUT2D eigenvalue weighted by Gasteiger charge is -2.27. The van der Waals surface area contributed by atoms with Crippen LogP contribution in [0.3, 0.4) is 0 Å². The van der Waals surface area contributed by atoms with Crippen LogP contribution in [-0.4, -0.2) is 15.7 Å². The van der Waals surface area contributed by atoms with Gasteiger partial charge in [-0.1, -0.05) is 15.9 Å². The molecule has 2 aromatic rings. The monoisotopic (exact) mass is 347 g/mol. The number of alkyl halides is 3. The highest BCUT2D eigenvalue weighted by Gasteiger charge is 2.53. The van der Waals surface area contributed by atoms with Gasteiger partial charge in [-0.15, -0.1) is 0 Å². The summed E-state index contributed by atoms with van der Waals surface area (Å²) in [6.45, 7) is 0.974. The summed E-state index contributed by atoms with van der Waals surface area (Å²) >= 11 is 3.31. The SMILES string of the molecule is CC(N)(c1nc2cc(Br)ccc2n1C1CC1)C(F)(F)F. The second kappa shape index (κ2) is 4.21. The van der Waals surface area contributed by atoms with Gasteiger partial charge in [-0.25, -0.2) is 4.98 Å². The number of aromatic nitrogens is 2.